The molecule has 3 nitrogen and oxygen atoms in total. The Labute approximate surface area is 129 Å². The maximum absolute atomic E-state index is 5.94. The van der Waals surface area contributed by atoms with E-state index < -0.39 is 0 Å². The number of rotatable bonds is 7. The van der Waals surface area contributed by atoms with Gasteiger partial charge in [0.2, 0.25) is 0 Å². The third-order valence-electron chi connectivity index (χ3n) is 4.32. The summed E-state index contributed by atoms with van der Waals surface area (Å²) in [4.78, 5) is 2.54. The average Bonchev–Trinajstić information content (AvgIpc) is 2.76. The van der Waals surface area contributed by atoms with Gasteiger partial charge in [-0.25, -0.2) is 0 Å². The topological polar surface area (TPSA) is 24.5 Å². The molecular formula is C18H30N2O. The second-order valence-electron chi connectivity index (χ2n) is 6.93. The molecule has 1 aliphatic rings. The molecule has 0 atom stereocenters. The van der Waals surface area contributed by atoms with Gasteiger partial charge in [-0.05, 0) is 50.9 Å². The lowest BCUT2D eigenvalue weighted by molar-refractivity contribution is 0.143. The minimum absolute atomic E-state index is 0.340. The van der Waals surface area contributed by atoms with E-state index in [1.165, 1.54) is 24.9 Å². The van der Waals surface area contributed by atoms with Crippen LogP contribution in [0.1, 0.15) is 46.1 Å². The molecule has 0 unspecified atom stereocenters. The zero-order valence-corrected chi connectivity index (χ0v) is 14.0. The van der Waals surface area contributed by atoms with Crippen molar-refractivity contribution in [2.75, 3.05) is 19.7 Å². The van der Waals surface area contributed by atoms with E-state index in [2.05, 4.69) is 56.1 Å². The van der Waals surface area contributed by atoms with E-state index in [-0.39, 0.29) is 0 Å². The Morgan fingerprint density at radius 3 is 2.81 bits per heavy atom. The predicted molar refractivity (Wildman–Crippen MR) is 88.8 cm³/mol. The van der Waals surface area contributed by atoms with Gasteiger partial charge in [0.15, 0.2) is 0 Å². The lowest BCUT2D eigenvalue weighted by Crippen LogP contribution is -2.40. The van der Waals surface area contributed by atoms with Gasteiger partial charge in [-0.15, -0.1) is 0 Å². The quantitative estimate of drug-likeness (QED) is 0.832. The minimum atomic E-state index is 0.340. The van der Waals surface area contributed by atoms with Crippen LogP contribution in [0.4, 0.5) is 0 Å². The summed E-state index contributed by atoms with van der Waals surface area (Å²) in [5, 5.41) is 3.44. The van der Waals surface area contributed by atoms with Crippen molar-refractivity contribution in [3.8, 4) is 5.75 Å². The Hall–Kier alpha value is -1.06. The Morgan fingerprint density at radius 2 is 2.14 bits per heavy atom. The first-order chi connectivity index (χ1) is 9.97. The van der Waals surface area contributed by atoms with Crippen molar-refractivity contribution in [1.82, 2.24) is 10.2 Å². The van der Waals surface area contributed by atoms with E-state index in [9.17, 15) is 0 Å². The van der Waals surface area contributed by atoms with Gasteiger partial charge >= 0.3 is 0 Å². The van der Waals surface area contributed by atoms with Crippen molar-refractivity contribution in [2.45, 2.75) is 58.7 Å². The van der Waals surface area contributed by atoms with Crippen LogP contribution in [-0.4, -0.2) is 36.2 Å². The molecule has 118 valence electrons. The number of benzene rings is 1. The van der Waals surface area contributed by atoms with Gasteiger partial charge in [0.25, 0.3) is 0 Å². The Bertz CT molecular complexity index is 443. The largest absolute Gasteiger partial charge is 0.492 e. The van der Waals surface area contributed by atoms with Crippen LogP contribution in [0, 0.1) is 0 Å². The molecule has 0 aliphatic carbocycles. The van der Waals surface area contributed by atoms with Crippen LogP contribution in [0.15, 0.2) is 24.3 Å². The highest BCUT2D eigenvalue weighted by Gasteiger charge is 2.31. The lowest BCUT2D eigenvalue weighted by Gasteiger charge is -2.31. The molecule has 3 heteroatoms. The number of likely N-dealkylation sites (tertiary alicyclic amines) is 1. The maximum atomic E-state index is 5.94. The van der Waals surface area contributed by atoms with Gasteiger partial charge in [-0.1, -0.05) is 26.0 Å². The Kier molecular flexibility index (Phi) is 5.65. The molecule has 1 N–H and O–H groups in total. The van der Waals surface area contributed by atoms with Crippen molar-refractivity contribution in [3.63, 3.8) is 0 Å². The molecule has 1 saturated heterocycles. The van der Waals surface area contributed by atoms with Crippen LogP contribution in [-0.2, 0) is 6.54 Å². The Morgan fingerprint density at radius 1 is 1.33 bits per heavy atom. The summed E-state index contributed by atoms with van der Waals surface area (Å²) in [7, 11) is 0. The molecular weight excluding hydrogens is 260 g/mol. The third kappa shape index (κ3) is 5.01. The van der Waals surface area contributed by atoms with E-state index in [4.69, 9.17) is 4.74 Å². The molecule has 1 fully saturated rings. The SMILES string of the molecule is CC(C)NCc1cccc(OCCN2CCCC2(C)C)c1. The van der Waals surface area contributed by atoms with Gasteiger partial charge < -0.3 is 10.1 Å². The fourth-order valence-corrected chi connectivity index (χ4v) is 2.92. The second-order valence-corrected chi connectivity index (χ2v) is 6.93. The zero-order valence-electron chi connectivity index (χ0n) is 14.0. The zero-order chi connectivity index (χ0) is 15.3. The number of nitrogens with one attached hydrogen (secondary N) is 1. The van der Waals surface area contributed by atoms with Crippen LogP contribution in [0.5, 0.6) is 5.75 Å². The molecule has 1 aromatic carbocycles. The van der Waals surface area contributed by atoms with Crippen molar-refractivity contribution >= 4 is 0 Å². The summed E-state index contributed by atoms with van der Waals surface area (Å²) in [6.45, 7) is 12.9. The molecule has 0 saturated carbocycles. The van der Waals surface area contributed by atoms with Crippen molar-refractivity contribution < 1.29 is 4.74 Å². The normalized spacial score (nSPS) is 18.3. The molecule has 0 aromatic heterocycles. The summed E-state index contributed by atoms with van der Waals surface area (Å²) >= 11 is 0. The van der Waals surface area contributed by atoms with Crippen LogP contribution in [0.3, 0.4) is 0 Å². The summed E-state index contributed by atoms with van der Waals surface area (Å²) < 4.78 is 5.94. The van der Waals surface area contributed by atoms with E-state index >= 15 is 0 Å². The fraction of sp³-hybridized carbons (Fsp3) is 0.667. The number of hydrogen-bond donors (Lipinski definition) is 1. The number of nitrogens with zero attached hydrogens (tertiary/aromatic N) is 1. The highest BCUT2D eigenvalue weighted by Crippen LogP contribution is 2.27. The standard InChI is InChI=1S/C18H30N2O/c1-15(2)19-14-16-7-5-8-17(13-16)21-12-11-20-10-6-9-18(20,3)4/h5,7-8,13,15,19H,6,9-12,14H2,1-4H3. The van der Waals surface area contributed by atoms with Crippen LogP contribution >= 0.6 is 0 Å². The third-order valence-corrected chi connectivity index (χ3v) is 4.32. The lowest BCUT2D eigenvalue weighted by atomic mass is 10.0. The molecule has 2 rings (SSSR count). The van der Waals surface area contributed by atoms with Crippen molar-refractivity contribution in [3.05, 3.63) is 29.8 Å². The highest BCUT2D eigenvalue weighted by molar-refractivity contribution is 5.28. The molecule has 0 radical (unpaired) electrons. The minimum Gasteiger partial charge on any atom is -0.492 e. The van der Waals surface area contributed by atoms with Crippen molar-refractivity contribution in [2.24, 2.45) is 0 Å². The Balaban J connectivity index is 1.79. The molecule has 1 heterocycles. The molecule has 0 amide bonds. The molecule has 1 aliphatic heterocycles. The predicted octanol–water partition coefficient (Wildman–Crippen LogP) is 3.44. The van der Waals surface area contributed by atoms with Gasteiger partial charge in [-0.3, -0.25) is 4.90 Å². The number of ether oxygens (including phenoxy) is 1. The monoisotopic (exact) mass is 290 g/mol. The van der Waals surface area contributed by atoms with Gasteiger partial charge in [0.05, 0.1) is 0 Å². The average molecular weight is 290 g/mol. The van der Waals surface area contributed by atoms with Crippen LogP contribution < -0.4 is 10.1 Å². The summed E-state index contributed by atoms with van der Waals surface area (Å²) in [6, 6.07) is 8.92. The van der Waals surface area contributed by atoms with E-state index in [1.807, 2.05) is 6.07 Å². The molecule has 0 bridgehead atoms. The smallest absolute Gasteiger partial charge is 0.119 e. The maximum Gasteiger partial charge on any atom is 0.119 e. The van der Waals surface area contributed by atoms with Crippen LogP contribution in [0.25, 0.3) is 0 Å². The summed E-state index contributed by atoms with van der Waals surface area (Å²) in [5.74, 6) is 0.982. The molecule has 0 spiro atoms. The van der Waals surface area contributed by atoms with Gasteiger partial charge in [0, 0.05) is 24.7 Å². The first-order valence-electron chi connectivity index (χ1n) is 8.17. The second kappa shape index (κ2) is 7.28. The first kappa shape index (κ1) is 16.3. The highest BCUT2D eigenvalue weighted by atomic mass is 16.5. The molecule has 21 heavy (non-hydrogen) atoms. The van der Waals surface area contributed by atoms with E-state index in [1.54, 1.807) is 0 Å². The van der Waals surface area contributed by atoms with Crippen LogP contribution in [0.2, 0.25) is 0 Å². The fourth-order valence-electron chi connectivity index (χ4n) is 2.92. The van der Waals surface area contributed by atoms with E-state index in [0.717, 1.165) is 25.4 Å². The van der Waals surface area contributed by atoms with Crippen molar-refractivity contribution in [1.29, 1.82) is 0 Å². The molecule has 1 aromatic rings. The van der Waals surface area contributed by atoms with Gasteiger partial charge in [0.1, 0.15) is 12.4 Å². The summed E-state index contributed by atoms with van der Waals surface area (Å²) in [5.41, 5.74) is 1.62. The first-order valence-corrected chi connectivity index (χ1v) is 8.17. The summed E-state index contributed by atoms with van der Waals surface area (Å²) in [6.07, 6.45) is 2.60. The number of hydrogen-bond acceptors (Lipinski definition) is 3. The van der Waals surface area contributed by atoms with E-state index in [0.29, 0.717) is 11.6 Å². The van der Waals surface area contributed by atoms with Gasteiger partial charge in [-0.2, -0.15) is 0 Å².